The van der Waals surface area contributed by atoms with Crippen LogP contribution in [0.25, 0.3) is 0 Å². The van der Waals surface area contributed by atoms with Crippen molar-refractivity contribution < 1.29 is 14.3 Å². The zero-order valence-electron chi connectivity index (χ0n) is 8.61. The van der Waals surface area contributed by atoms with Crippen LogP contribution < -0.4 is 11.1 Å². The van der Waals surface area contributed by atoms with Crippen molar-refractivity contribution in [2.75, 3.05) is 0 Å². The van der Waals surface area contributed by atoms with Crippen LogP contribution in [0.1, 0.15) is 23.2 Å². The molecule has 1 aliphatic carbocycles. The lowest BCUT2D eigenvalue weighted by atomic mass is 9.87. The summed E-state index contributed by atoms with van der Waals surface area (Å²) in [5, 5.41) is 12.0. The van der Waals surface area contributed by atoms with E-state index in [9.17, 15) is 14.3 Å². The highest BCUT2D eigenvalue weighted by Gasteiger charge is 2.28. The Bertz CT molecular complexity index is 396. The molecule has 0 aromatic heterocycles. The molecular formula is C11H13FN2O2. The second-order valence-electron chi connectivity index (χ2n) is 4.04. The second kappa shape index (κ2) is 4.09. The third kappa shape index (κ3) is 1.99. The van der Waals surface area contributed by atoms with Gasteiger partial charge in [-0.05, 0) is 25.0 Å². The maximum atomic E-state index is 13.3. The Morgan fingerprint density at radius 1 is 1.50 bits per heavy atom. The molecule has 0 atom stereocenters. The van der Waals surface area contributed by atoms with Crippen molar-refractivity contribution in [3.63, 3.8) is 0 Å². The number of nitrogens with two attached hydrogens (primary N) is 1. The van der Waals surface area contributed by atoms with Gasteiger partial charge < -0.3 is 16.2 Å². The molecule has 0 aliphatic heterocycles. The summed E-state index contributed by atoms with van der Waals surface area (Å²) >= 11 is 0. The molecule has 1 fully saturated rings. The van der Waals surface area contributed by atoms with Gasteiger partial charge in [-0.15, -0.1) is 0 Å². The minimum atomic E-state index is -0.721. The van der Waals surface area contributed by atoms with Gasteiger partial charge in [-0.2, -0.15) is 0 Å². The lowest BCUT2D eigenvalue weighted by Crippen LogP contribution is -2.50. The van der Waals surface area contributed by atoms with Crippen LogP contribution in [-0.2, 0) is 0 Å². The summed E-state index contributed by atoms with van der Waals surface area (Å²) in [5.74, 6) is -1.66. The van der Waals surface area contributed by atoms with E-state index in [0.717, 1.165) is 6.07 Å². The summed E-state index contributed by atoms with van der Waals surface area (Å²) in [7, 11) is 0. The van der Waals surface area contributed by atoms with Crippen LogP contribution in [0.2, 0.25) is 0 Å². The number of aromatic hydroxyl groups is 1. The van der Waals surface area contributed by atoms with Crippen LogP contribution in [0, 0.1) is 5.82 Å². The average molecular weight is 224 g/mol. The maximum Gasteiger partial charge on any atom is 0.258 e. The van der Waals surface area contributed by atoms with Gasteiger partial charge in [-0.25, -0.2) is 4.39 Å². The maximum absolute atomic E-state index is 13.3. The van der Waals surface area contributed by atoms with Crippen molar-refractivity contribution in [2.45, 2.75) is 24.9 Å². The predicted molar refractivity (Wildman–Crippen MR) is 56.5 cm³/mol. The van der Waals surface area contributed by atoms with E-state index >= 15 is 0 Å². The van der Waals surface area contributed by atoms with Crippen LogP contribution in [0.4, 0.5) is 4.39 Å². The minimum Gasteiger partial charge on any atom is -0.507 e. The number of nitrogens with one attached hydrogen (secondary N) is 1. The van der Waals surface area contributed by atoms with E-state index in [-0.39, 0.29) is 23.4 Å². The van der Waals surface area contributed by atoms with Crippen LogP contribution in [0.15, 0.2) is 18.2 Å². The van der Waals surface area contributed by atoms with Gasteiger partial charge in [0.25, 0.3) is 5.91 Å². The van der Waals surface area contributed by atoms with Crippen molar-refractivity contribution in [1.82, 2.24) is 5.32 Å². The number of carbonyl (C=O) groups is 1. The Hall–Kier alpha value is -1.62. The van der Waals surface area contributed by atoms with Crippen molar-refractivity contribution in [3.05, 3.63) is 29.6 Å². The fraction of sp³-hybridized carbons (Fsp3) is 0.364. The second-order valence-corrected chi connectivity index (χ2v) is 4.04. The standard InChI is InChI=1S/C11H13FN2O2/c12-8-2-1-3-9(15)10(8)11(16)14-7-4-6(13)5-7/h1-3,6-7,15H,4-5,13H2,(H,14,16). The number of rotatable bonds is 2. The molecular weight excluding hydrogens is 211 g/mol. The molecule has 5 heteroatoms. The van der Waals surface area contributed by atoms with Gasteiger partial charge in [-0.3, -0.25) is 4.79 Å². The zero-order chi connectivity index (χ0) is 11.7. The molecule has 0 unspecified atom stereocenters. The summed E-state index contributed by atoms with van der Waals surface area (Å²) in [6.07, 6.45) is 1.39. The summed E-state index contributed by atoms with van der Waals surface area (Å²) in [4.78, 5) is 11.6. The summed E-state index contributed by atoms with van der Waals surface area (Å²) in [6, 6.07) is 3.87. The quantitative estimate of drug-likeness (QED) is 0.694. The number of carbonyl (C=O) groups excluding carboxylic acids is 1. The highest BCUT2D eigenvalue weighted by Crippen LogP contribution is 2.22. The van der Waals surface area contributed by atoms with Crippen LogP contribution >= 0.6 is 0 Å². The molecule has 0 spiro atoms. The van der Waals surface area contributed by atoms with E-state index in [1.807, 2.05) is 0 Å². The number of benzene rings is 1. The van der Waals surface area contributed by atoms with Crippen LogP contribution in [-0.4, -0.2) is 23.1 Å². The molecule has 1 saturated carbocycles. The molecule has 1 aromatic rings. The van der Waals surface area contributed by atoms with E-state index < -0.39 is 11.7 Å². The zero-order valence-corrected chi connectivity index (χ0v) is 8.61. The highest BCUT2D eigenvalue weighted by molar-refractivity contribution is 5.97. The Morgan fingerprint density at radius 2 is 2.19 bits per heavy atom. The van der Waals surface area contributed by atoms with E-state index in [4.69, 9.17) is 5.73 Å². The summed E-state index contributed by atoms with van der Waals surface area (Å²) in [6.45, 7) is 0. The molecule has 16 heavy (non-hydrogen) atoms. The highest BCUT2D eigenvalue weighted by atomic mass is 19.1. The van der Waals surface area contributed by atoms with Crippen molar-refractivity contribution in [2.24, 2.45) is 5.73 Å². The molecule has 86 valence electrons. The molecule has 0 radical (unpaired) electrons. The van der Waals surface area contributed by atoms with Gasteiger partial charge in [0.05, 0.1) is 0 Å². The van der Waals surface area contributed by atoms with Gasteiger partial charge in [0, 0.05) is 12.1 Å². The lowest BCUT2D eigenvalue weighted by Gasteiger charge is -2.33. The van der Waals surface area contributed by atoms with E-state index in [1.165, 1.54) is 12.1 Å². The lowest BCUT2D eigenvalue weighted by molar-refractivity contribution is 0.0903. The number of halogens is 1. The van der Waals surface area contributed by atoms with Gasteiger partial charge in [0.15, 0.2) is 0 Å². The van der Waals surface area contributed by atoms with Crippen molar-refractivity contribution >= 4 is 5.91 Å². The smallest absolute Gasteiger partial charge is 0.258 e. The first-order chi connectivity index (χ1) is 7.58. The fourth-order valence-corrected chi connectivity index (χ4v) is 1.77. The van der Waals surface area contributed by atoms with Gasteiger partial charge in [-0.1, -0.05) is 6.07 Å². The van der Waals surface area contributed by atoms with Crippen LogP contribution in [0.3, 0.4) is 0 Å². The SMILES string of the molecule is NC1CC(NC(=O)c2c(O)cccc2F)C1. The minimum absolute atomic E-state index is 0.0125. The first-order valence-electron chi connectivity index (χ1n) is 5.12. The fourth-order valence-electron chi connectivity index (χ4n) is 1.77. The topological polar surface area (TPSA) is 75.3 Å². The van der Waals surface area contributed by atoms with Crippen molar-refractivity contribution in [3.8, 4) is 5.75 Å². The van der Waals surface area contributed by atoms with E-state index in [2.05, 4.69) is 5.32 Å². The first kappa shape index (κ1) is 10.9. The molecule has 0 bridgehead atoms. The Morgan fingerprint density at radius 3 is 2.75 bits per heavy atom. The van der Waals surface area contributed by atoms with E-state index in [1.54, 1.807) is 0 Å². The molecule has 0 saturated heterocycles. The third-order valence-electron chi connectivity index (χ3n) is 2.73. The molecule has 4 nitrogen and oxygen atoms in total. The van der Waals surface area contributed by atoms with Gasteiger partial charge >= 0.3 is 0 Å². The Labute approximate surface area is 92.3 Å². The molecule has 1 aromatic carbocycles. The number of amides is 1. The monoisotopic (exact) mass is 224 g/mol. The number of hydrogen-bond acceptors (Lipinski definition) is 3. The van der Waals surface area contributed by atoms with Gasteiger partial charge in [0.2, 0.25) is 0 Å². The van der Waals surface area contributed by atoms with Crippen LogP contribution in [0.5, 0.6) is 5.75 Å². The molecule has 4 N–H and O–H groups in total. The molecule has 1 amide bonds. The Kier molecular flexibility index (Phi) is 2.78. The van der Waals surface area contributed by atoms with Gasteiger partial charge in [0.1, 0.15) is 17.1 Å². The predicted octanol–water partition coefficient (Wildman–Crippen LogP) is 0.751. The Balaban J connectivity index is 2.09. The summed E-state index contributed by atoms with van der Waals surface area (Å²) in [5.41, 5.74) is 5.27. The number of hydrogen-bond donors (Lipinski definition) is 3. The third-order valence-corrected chi connectivity index (χ3v) is 2.73. The first-order valence-corrected chi connectivity index (χ1v) is 5.12. The molecule has 0 heterocycles. The van der Waals surface area contributed by atoms with Crippen molar-refractivity contribution in [1.29, 1.82) is 0 Å². The average Bonchev–Trinajstić information content (AvgIpc) is 2.15. The number of phenolic OH excluding ortho intramolecular Hbond substituents is 1. The normalized spacial score (nSPS) is 23.6. The van der Waals surface area contributed by atoms with E-state index in [0.29, 0.717) is 12.8 Å². The molecule has 1 aliphatic rings. The number of phenols is 1. The molecule has 2 rings (SSSR count). The summed E-state index contributed by atoms with van der Waals surface area (Å²) < 4.78 is 13.3. The largest absolute Gasteiger partial charge is 0.507 e.